The third-order valence-corrected chi connectivity index (χ3v) is 20.1. The molecule has 8 heterocycles. The van der Waals surface area contributed by atoms with E-state index < -0.39 is 0 Å². The van der Waals surface area contributed by atoms with Crippen LogP contribution >= 0.6 is 0 Å². The summed E-state index contributed by atoms with van der Waals surface area (Å²) in [5.74, 6) is 3.00. The van der Waals surface area contributed by atoms with Crippen LogP contribution in [0.1, 0.15) is 0 Å². The lowest BCUT2D eigenvalue weighted by Crippen LogP contribution is -2.00. The zero-order chi connectivity index (χ0) is 66.7. The largest absolute Gasteiger partial charge is 0.456 e. The second-order valence-electron chi connectivity index (χ2n) is 25.9. The molecule has 0 saturated heterocycles. The van der Waals surface area contributed by atoms with E-state index in [-0.39, 0.29) is 0 Å². The molecular weight excluding hydrogens is 1260 g/mol. The van der Waals surface area contributed by atoms with E-state index >= 15 is 0 Å². The van der Waals surface area contributed by atoms with E-state index in [1.54, 1.807) is 0 Å². The highest BCUT2D eigenvalue weighted by atomic mass is 16.3. The molecule has 102 heavy (non-hydrogen) atoms. The Morgan fingerprint density at radius 1 is 0.157 bits per heavy atom. The van der Waals surface area contributed by atoms with Crippen molar-refractivity contribution in [2.75, 3.05) is 0 Å². The SMILES string of the molecule is c1ccc(-c2nc(-c3ccc4c(c3)oc3cccc(-c5cccc6c5oc5ccccc56)c34)nc(-c3cccc4c3oc3ccc(-c5ccc(-c6nc(-c7ccc8c(c7)oc7ccccc78)nc(-c7ccc8c(c7)oc7cccc(-c9cccc%10c9oc9ccccc9%10)c78)n6)cc5)cc34)n2)cc1. The second kappa shape index (κ2) is 21.7. The monoisotopic (exact) mass is 1310 g/mol. The first kappa shape index (κ1) is 56.0. The van der Waals surface area contributed by atoms with Gasteiger partial charge in [-0.2, -0.15) is 0 Å². The maximum absolute atomic E-state index is 6.84. The van der Waals surface area contributed by atoms with Gasteiger partial charge in [0, 0.05) is 104 Å². The molecule has 0 aliphatic rings. The van der Waals surface area contributed by atoms with Crippen LogP contribution in [0.3, 0.4) is 0 Å². The number of para-hydroxylation sites is 6. The van der Waals surface area contributed by atoms with E-state index in [0.717, 1.165) is 182 Å². The van der Waals surface area contributed by atoms with Gasteiger partial charge in [-0.15, -0.1) is 0 Å². The Morgan fingerprint density at radius 2 is 0.480 bits per heavy atom. The van der Waals surface area contributed by atoms with Crippen LogP contribution in [0.5, 0.6) is 0 Å². The first-order chi connectivity index (χ1) is 50.5. The van der Waals surface area contributed by atoms with Gasteiger partial charge in [-0.1, -0.05) is 206 Å². The van der Waals surface area contributed by atoms with Gasteiger partial charge in [0.15, 0.2) is 34.9 Å². The number of fused-ring (bicyclic) bond motifs is 18. The fraction of sp³-hybridized carbons (Fsp3) is 0. The number of nitrogens with zero attached hydrogens (tertiary/aromatic N) is 6. The molecule has 8 aromatic heterocycles. The molecule has 0 saturated carbocycles. The van der Waals surface area contributed by atoms with Gasteiger partial charge in [-0.05, 0) is 107 Å². The molecule has 0 aliphatic heterocycles. The molecule has 474 valence electrons. The summed E-state index contributed by atoms with van der Waals surface area (Å²) in [6.07, 6.45) is 0. The van der Waals surface area contributed by atoms with Gasteiger partial charge in [-0.3, -0.25) is 0 Å². The van der Waals surface area contributed by atoms with Crippen LogP contribution in [-0.4, -0.2) is 29.9 Å². The zero-order valence-electron chi connectivity index (χ0n) is 53.8. The number of furan rings is 6. The third-order valence-electron chi connectivity index (χ3n) is 20.1. The van der Waals surface area contributed by atoms with Crippen molar-refractivity contribution >= 4 is 132 Å². The second-order valence-corrected chi connectivity index (χ2v) is 25.9. The van der Waals surface area contributed by atoms with Gasteiger partial charge >= 0.3 is 0 Å². The highest BCUT2D eigenvalue weighted by Crippen LogP contribution is 2.46. The van der Waals surface area contributed by atoms with Crippen LogP contribution in [-0.2, 0) is 0 Å². The van der Waals surface area contributed by atoms with Gasteiger partial charge in [0.05, 0.1) is 5.56 Å². The van der Waals surface area contributed by atoms with Crippen molar-refractivity contribution in [2.24, 2.45) is 0 Å². The molecule has 0 unspecified atom stereocenters. The molecule has 0 fully saturated rings. The van der Waals surface area contributed by atoms with E-state index in [4.69, 9.17) is 56.4 Å². The predicted molar refractivity (Wildman–Crippen MR) is 406 cm³/mol. The van der Waals surface area contributed by atoms with Gasteiger partial charge in [0.25, 0.3) is 0 Å². The van der Waals surface area contributed by atoms with E-state index in [1.807, 2.05) is 146 Å². The minimum Gasteiger partial charge on any atom is -0.456 e. The molecule has 0 N–H and O–H groups in total. The molecule has 0 aliphatic carbocycles. The van der Waals surface area contributed by atoms with E-state index in [9.17, 15) is 0 Å². The number of benzene rings is 14. The van der Waals surface area contributed by atoms with Crippen LogP contribution in [0.25, 0.3) is 233 Å². The average molecular weight is 1310 g/mol. The lowest BCUT2D eigenvalue weighted by Gasteiger charge is -2.09. The normalized spacial score (nSPS) is 12.1. The minimum absolute atomic E-state index is 0.475. The lowest BCUT2D eigenvalue weighted by atomic mass is 9.97. The minimum atomic E-state index is 0.475. The Balaban J connectivity index is 0.619. The molecule has 14 aromatic carbocycles. The zero-order valence-corrected chi connectivity index (χ0v) is 53.8. The van der Waals surface area contributed by atoms with Crippen molar-refractivity contribution in [2.45, 2.75) is 0 Å². The Bertz CT molecular complexity index is 7280. The van der Waals surface area contributed by atoms with Gasteiger partial charge in [-0.25, -0.2) is 29.9 Å². The van der Waals surface area contributed by atoms with Crippen molar-refractivity contribution < 1.29 is 26.5 Å². The first-order valence-corrected chi connectivity index (χ1v) is 33.8. The van der Waals surface area contributed by atoms with E-state index in [0.29, 0.717) is 51.7 Å². The topological polar surface area (TPSA) is 156 Å². The molecule has 0 amide bonds. The summed E-state index contributed by atoms with van der Waals surface area (Å²) < 4.78 is 39.8. The highest BCUT2D eigenvalue weighted by Gasteiger charge is 2.25. The molecule has 12 nitrogen and oxygen atoms in total. The molecule has 0 radical (unpaired) electrons. The van der Waals surface area contributed by atoms with Gasteiger partial charge in [0.2, 0.25) is 0 Å². The quantitative estimate of drug-likeness (QED) is 0.135. The summed E-state index contributed by atoms with van der Waals surface area (Å²) in [4.78, 5) is 31.2. The summed E-state index contributed by atoms with van der Waals surface area (Å²) in [6.45, 7) is 0. The van der Waals surface area contributed by atoms with Crippen molar-refractivity contribution in [1.29, 1.82) is 0 Å². The van der Waals surface area contributed by atoms with E-state index in [2.05, 4.69) is 146 Å². The first-order valence-electron chi connectivity index (χ1n) is 33.8. The van der Waals surface area contributed by atoms with Crippen molar-refractivity contribution in [1.82, 2.24) is 29.9 Å². The lowest BCUT2D eigenvalue weighted by molar-refractivity contribution is 0.668. The Labute approximate surface area is 577 Å². The molecule has 0 bridgehead atoms. The molecular formula is C90H48N6O6. The Hall–Kier alpha value is -14.1. The standard InChI is InChI=1S/C90H48N6O6/c1-2-15-50(16-3-1)85-91-89(55-39-43-68-79(48-55)99-76-32-14-21-61(81(68)76)65-25-11-23-63-58-19-6-9-30-73(58)101-83(63)65)96-90(95-85)69-27-12-26-66-70-45-52(40-44-74(70)102-84(66)69)49-33-35-51(36-34-49)86-92-87(53-37-41-59-56-17-4-7-28-71(56)97-77(59)46-53)94-88(93-86)54-38-42-67-78(47-54)98-75-31-13-20-60(80(67)75)64-24-10-22-62-57-18-5-8-29-72(57)100-82(62)64/h1-48H. The average Bonchev–Trinajstić information content (AvgIpc) is 1.58. The summed E-state index contributed by atoms with van der Waals surface area (Å²) in [6, 6.07) is 98.8. The Kier molecular flexibility index (Phi) is 11.9. The number of aromatic nitrogens is 6. The van der Waals surface area contributed by atoms with Crippen LogP contribution in [0.2, 0.25) is 0 Å². The van der Waals surface area contributed by atoms with E-state index in [1.165, 1.54) is 0 Å². The molecule has 22 rings (SSSR count). The predicted octanol–water partition coefficient (Wildman–Crippen LogP) is 24.5. The maximum atomic E-state index is 6.84. The van der Waals surface area contributed by atoms with Crippen LogP contribution in [0.4, 0.5) is 0 Å². The molecule has 0 atom stereocenters. The highest BCUT2D eigenvalue weighted by molar-refractivity contribution is 6.20. The van der Waals surface area contributed by atoms with Crippen LogP contribution < -0.4 is 0 Å². The molecule has 22 aromatic rings. The van der Waals surface area contributed by atoms with Crippen molar-refractivity contribution in [3.63, 3.8) is 0 Å². The fourth-order valence-electron chi connectivity index (χ4n) is 15.2. The number of rotatable bonds is 9. The van der Waals surface area contributed by atoms with Gasteiger partial charge < -0.3 is 26.5 Å². The summed E-state index contributed by atoms with van der Waals surface area (Å²) in [7, 11) is 0. The third kappa shape index (κ3) is 8.69. The van der Waals surface area contributed by atoms with Crippen LogP contribution in [0, 0.1) is 0 Å². The number of hydrogen-bond donors (Lipinski definition) is 0. The molecule has 12 heteroatoms. The van der Waals surface area contributed by atoms with Crippen molar-refractivity contribution in [3.8, 4) is 102 Å². The fourth-order valence-corrected chi connectivity index (χ4v) is 15.2. The van der Waals surface area contributed by atoms with Crippen LogP contribution in [0.15, 0.2) is 318 Å². The van der Waals surface area contributed by atoms with Crippen molar-refractivity contribution in [3.05, 3.63) is 291 Å². The van der Waals surface area contributed by atoms with Gasteiger partial charge in [0.1, 0.15) is 67.0 Å². The number of hydrogen-bond acceptors (Lipinski definition) is 12. The smallest absolute Gasteiger partial charge is 0.167 e. The summed E-state index contributed by atoms with van der Waals surface area (Å²) >= 11 is 0. The molecule has 0 spiro atoms. The maximum Gasteiger partial charge on any atom is 0.167 e. The Morgan fingerprint density at radius 3 is 1.02 bits per heavy atom. The summed E-state index contributed by atoms with van der Waals surface area (Å²) in [5.41, 5.74) is 20.1. The summed E-state index contributed by atoms with van der Waals surface area (Å²) in [5, 5.41) is 12.2.